The second kappa shape index (κ2) is 6.83. The van der Waals surface area contributed by atoms with Crippen LogP contribution < -0.4 is 0 Å². The van der Waals surface area contributed by atoms with Crippen LogP contribution in [-0.4, -0.2) is 63.6 Å². The molecular weight excluding hydrogens is 254 g/mol. The van der Waals surface area contributed by atoms with Gasteiger partial charge in [0.05, 0.1) is 0 Å². The van der Waals surface area contributed by atoms with Crippen LogP contribution >= 0.6 is 0 Å². The Morgan fingerprint density at radius 1 is 1.30 bits per heavy atom. The fourth-order valence-corrected chi connectivity index (χ4v) is 2.31. The molecule has 1 fully saturated rings. The van der Waals surface area contributed by atoms with Crippen LogP contribution in [0.2, 0.25) is 0 Å². The molecule has 112 valence electrons. The van der Waals surface area contributed by atoms with Crippen LogP contribution in [0.25, 0.3) is 0 Å². The Labute approximate surface area is 120 Å². The van der Waals surface area contributed by atoms with Crippen LogP contribution in [0.4, 0.5) is 0 Å². The molecule has 1 aliphatic rings. The number of nitrogens with zero attached hydrogens (tertiary/aromatic N) is 4. The quantitative estimate of drug-likeness (QED) is 0.879. The molecule has 6 nitrogen and oxygen atoms in total. The fourth-order valence-electron chi connectivity index (χ4n) is 2.31. The lowest BCUT2D eigenvalue weighted by Crippen LogP contribution is -2.49. The maximum absolute atomic E-state index is 12.3. The maximum atomic E-state index is 12.3. The van der Waals surface area contributed by atoms with Crippen LogP contribution in [0.15, 0.2) is 0 Å². The summed E-state index contributed by atoms with van der Waals surface area (Å²) in [6, 6.07) is 0. The van der Waals surface area contributed by atoms with E-state index in [2.05, 4.69) is 33.9 Å². The van der Waals surface area contributed by atoms with Crippen molar-refractivity contribution in [3.05, 3.63) is 11.6 Å². The Balaban J connectivity index is 1.82. The van der Waals surface area contributed by atoms with E-state index in [1.165, 1.54) is 6.42 Å². The van der Waals surface area contributed by atoms with Gasteiger partial charge in [-0.15, -0.1) is 5.10 Å². The summed E-state index contributed by atoms with van der Waals surface area (Å²) in [5.41, 5.74) is 0. The van der Waals surface area contributed by atoms with Gasteiger partial charge in [0.2, 0.25) is 5.82 Å². The van der Waals surface area contributed by atoms with Crippen LogP contribution in [0.1, 0.15) is 43.6 Å². The predicted octanol–water partition coefficient (Wildman–Crippen LogP) is 1.17. The lowest BCUT2D eigenvalue weighted by Gasteiger charge is -2.34. The van der Waals surface area contributed by atoms with Crippen LogP contribution in [0.5, 0.6) is 0 Å². The van der Waals surface area contributed by atoms with Crippen molar-refractivity contribution >= 4 is 5.91 Å². The number of H-pyrrole nitrogens is 1. The lowest BCUT2D eigenvalue weighted by atomic mass is 10.1. The van der Waals surface area contributed by atoms with E-state index in [0.29, 0.717) is 5.82 Å². The van der Waals surface area contributed by atoms with Crippen LogP contribution in [0, 0.1) is 5.92 Å². The molecule has 0 aliphatic carbocycles. The number of hydrogen-bond donors (Lipinski definition) is 1. The molecule has 1 aliphatic heterocycles. The van der Waals surface area contributed by atoms with E-state index in [0.717, 1.165) is 50.9 Å². The molecular formula is C14H25N5O. The van der Waals surface area contributed by atoms with Gasteiger partial charge in [-0.3, -0.25) is 14.8 Å². The number of carbonyl (C=O) groups excluding carboxylic acids is 1. The summed E-state index contributed by atoms with van der Waals surface area (Å²) in [6.07, 6.45) is 1.98. The zero-order valence-electron chi connectivity index (χ0n) is 12.7. The standard InChI is InChI=1S/C14H25N5O/c1-4-12-15-13(17-16-12)14(20)19-9-7-18(8-10-19)6-5-11(2)3/h11H,4-10H2,1-3H3,(H,15,16,17). The Kier molecular flexibility index (Phi) is 5.11. The van der Waals surface area contributed by atoms with Crippen molar-refractivity contribution < 1.29 is 4.79 Å². The minimum atomic E-state index is -0.0514. The van der Waals surface area contributed by atoms with E-state index in [1.807, 2.05) is 11.8 Å². The molecule has 1 aromatic heterocycles. The SMILES string of the molecule is CCc1nc(C(=O)N2CCN(CCC(C)C)CC2)n[nH]1. The number of aromatic nitrogens is 3. The van der Waals surface area contributed by atoms with Crippen molar-refractivity contribution in [2.45, 2.75) is 33.6 Å². The molecule has 0 atom stereocenters. The van der Waals surface area contributed by atoms with Gasteiger partial charge in [0.25, 0.3) is 5.91 Å². The highest BCUT2D eigenvalue weighted by Gasteiger charge is 2.24. The Morgan fingerprint density at radius 2 is 2.00 bits per heavy atom. The number of piperazine rings is 1. The number of aryl methyl sites for hydroxylation is 1. The number of rotatable bonds is 5. The first kappa shape index (κ1) is 15.0. The molecule has 6 heteroatoms. The van der Waals surface area contributed by atoms with Gasteiger partial charge in [0, 0.05) is 32.6 Å². The third-order valence-corrected chi connectivity index (χ3v) is 3.74. The highest BCUT2D eigenvalue weighted by Crippen LogP contribution is 2.08. The average Bonchev–Trinajstić information content (AvgIpc) is 2.94. The van der Waals surface area contributed by atoms with Gasteiger partial charge in [0.15, 0.2) is 0 Å². The number of amides is 1. The predicted molar refractivity (Wildman–Crippen MR) is 77.6 cm³/mol. The Morgan fingerprint density at radius 3 is 2.55 bits per heavy atom. The van der Waals surface area contributed by atoms with Crippen LogP contribution in [0.3, 0.4) is 0 Å². The topological polar surface area (TPSA) is 65.1 Å². The monoisotopic (exact) mass is 279 g/mol. The van der Waals surface area contributed by atoms with Gasteiger partial charge in [0.1, 0.15) is 5.82 Å². The van der Waals surface area contributed by atoms with E-state index in [9.17, 15) is 4.79 Å². The zero-order valence-corrected chi connectivity index (χ0v) is 12.7. The van der Waals surface area contributed by atoms with E-state index >= 15 is 0 Å². The average molecular weight is 279 g/mol. The number of hydrogen-bond acceptors (Lipinski definition) is 4. The first-order valence-electron chi connectivity index (χ1n) is 7.53. The molecule has 0 bridgehead atoms. The summed E-state index contributed by atoms with van der Waals surface area (Å²) in [5, 5.41) is 6.80. The highest BCUT2D eigenvalue weighted by atomic mass is 16.2. The minimum absolute atomic E-state index is 0.0514. The van der Waals surface area contributed by atoms with Gasteiger partial charge in [-0.25, -0.2) is 4.98 Å². The van der Waals surface area contributed by atoms with Gasteiger partial charge in [-0.05, 0) is 18.9 Å². The van der Waals surface area contributed by atoms with Gasteiger partial charge in [-0.1, -0.05) is 20.8 Å². The second-order valence-electron chi connectivity index (χ2n) is 5.78. The van der Waals surface area contributed by atoms with Crippen molar-refractivity contribution in [3.8, 4) is 0 Å². The number of nitrogens with one attached hydrogen (secondary N) is 1. The first-order chi connectivity index (χ1) is 9.60. The molecule has 0 radical (unpaired) electrons. The Hall–Kier alpha value is -1.43. The van der Waals surface area contributed by atoms with Gasteiger partial charge >= 0.3 is 0 Å². The molecule has 2 rings (SSSR count). The van der Waals surface area contributed by atoms with E-state index in [1.54, 1.807) is 0 Å². The number of aromatic amines is 1. The molecule has 1 saturated heterocycles. The van der Waals surface area contributed by atoms with Crippen LogP contribution in [-0.2, 0) is 6.42 Å². The highest BCUT2D eigenvalue weighted by molar-refractivity contribution is 5.90. The summed E-state index contributed by atoms with van der Waals surface area (Å²) >= 11 is 0. The Bertz CT molecular complexity index is 435. The van der Waals surface area contributed by atoms with E-state index < -0.39 is 0 Å². The molecule has 2 heterocycles. The van der Waals surface area contributed by atoms with Crippen molar-refractivity contribution in [2.24, 2.45) is 5.92 Å². The largest absolute Gasteiger partial charge is 0.333 e. The third-order valence-electron chi connectivity index (χ3n) is 3.74. The summed E-state index contributed by atoms with van der Waals surface area (Å²) in [6.45, 7) is 11.0. The molecule has 0 saturated carbocycles. The maximum Gasteiger partial charge on any atom is 0.293 e. The molecule has 20 heavy (non-hydrogen) atoms. The molecule has 1 amide bonds. The van der Waals surface area contributed by atoms with Crippen molar-refractivity contribution in [1.29, 1.82) is 0 Å². The molecule has 0 unspecified atom stereocenters. The third kappa shape index (κ3) is 3.79. The van der Waals surface area contributed by atoms with E-state index in [4.69, 9.17) is 0 Å². The van der Waals surface area contributed by atoms with Gasteiger partial charge < -0.3 is 4.90 Å². The summed E-state index contributed by atoms with van der Waals surface area (Å²) in [7, 11) is 0. The minimum Gasteiger partial charge on any atom is -0.333 e. The van der Waals surface area contributed by atoms with Crippen molar-refractivity contribution in [2.75, 3.05) is 32.7 Å². The van der Waals surface area contributed by atoms with Crippen molar-refractivity contribution in [3.63, 3.8) is 0 Å². The summed E-state index contributed by atoms with van der Waals surface area (Å²) in [4.78, 5) is 20.8. The molecule has 1 N–H and O–H groups in total. The zero-order chi connectivity index (χ0) is 14.5. The number of carbonyl (C=O) groups is 1. The molecule has 1 aromatic rings. The fraction of sp³-hybridized carbons (Fsp3) is 0.786. The first-order valence-corrected chi connectivity index (χ1v) is 7.53. The van der Waals surface area contributed by atoms with Crippen molar-refractivity contribution in [1.82, 2.24) is 25.0 Å². The normalized spacial score (nSPS) is 16.9. The second-order valence-corrected chi connectivity index (χ2v) is 5.78. The molecule has 0 spiro atoms. The molecule has 0 aromatic carbocycles. The van der Waals surface area contributed by atoms with Gasteiger partial charge in [-0.2, -0.15) is 0 Å². The smallest absolute Gasteiger partial charge is 0.293 e. The summed E-state index contributed by atoms with van der Waals surface area (Å²) < 4.78 is 0. The van der Waals surface area contributed by atoms with E-state index in [-0.39, 0.29) is 5.91 Å². The lowest BCUT2D eigenvalue weighted by molar-refractivity contribution is 0.0620. The summed E-state index contributed by atoms with van der Waals surface area (Å²) in [5.74, 6) is 1.75.